The molecule has 22 heavy (non-hydrogen) atoms. The quantitative estimate of drug-likeness (QED) is 0.462. The van der Waals surface area contributed by atoms with Crippen LogP contribution in [-0.4, -0.2) is 33.8 Å². The molecule has 1 aromatic heterocycles. The van der Waals surface area contributed by atoms with Crippen LogP contribution in [0.25, 0.3) is 0 Å². The van der Waals surface area contributed by atoms with Gasteiger partial charge in [-0.05, 0) is 18.4 Å². The predicted molar refractivity (Wildman–Crippen MR) is 81.7 cm³/mol. The molecule has 1 aliphatic heterocycles. The van der Waals surface area contributed by atoms with E-state index in [-0.39, 0.29) is 17.9 Å². The van der Waals surface area contributed by atoms with Crippen molar-refractivity contribution >= 4 is 19.5 Å². The minimum atomic E-state index is -3.41. The van der Waals surface area contributed by atoms with Gasteiger partial charge in [0.2, 0.25) is 5.95 Å². The van der Waals surface area contributed by atoms with Gasteiger partial charge in [0, 0.05) is 19.4 Å². The van der Waals surface area contributed by atoms with Crippen molar-refractivity contribution in [3.8, 4) is 0 Å². The number of rotatable bonds is 6. The largest absolute Gasteiger partial charge is 0.396 e. The fourth-order valence-corrected chi connectivity index (χ4v) is 3.72. The molecule has 1 aliphatic rings. The van der Waals surface area contributed by atoms with E-state index in [9.17, 15) is 9.47 Å². The lowest BCUT2D eigenvalue weighted by atomic mass is 10.1. The lowest BCUT2D eigenvalue weighted by molar-refractivity contribution is 0.395. The summed E-state index contributed by atoms with van der Waals surface area (Å²) < 4.78 is 18.3. The highest BCUT2D eigenvalue weighted by molar-refractivity contribution is 7.58. The summed E-state index contributed by atoms with van der Waals surface area (Å²) in [4.78, 5) is 22.7. The van der Waals surface area contributed by atoms with E-state index in [2.05, 4.69) is 30.9 Å². The van der Waals surface area contributed by atoms with Crippen molar-refractivity contribution in [2.75, 3.05) is 12.5 Å². The molecule has 0 amide bonds. The van der Waals surface area contributed by atoms with E-state index in [1.54, 1.807) is 18.5 Å². The second kappa shape index (κ2) is 6.80. The highest BCUT2D eigenvalue weighted by Crippen LogP contribution is 2.54. The van der Waals surface area contributed by atoms with E-state index in [0.29, 0.717) is 6.42 Å². The smallest absolute Gasteiger partial charge is 0.360 e. The van der Waals surface area contributed by atoms with E-state index in [0.717, 1.165) is 5.01 Å². The summed E-state index contributed by atoms with van der Waals surface area (Å²) in [5, 5.41) is 6.21. The molecule has 1 aromatic rings. The number of aliphatic imine (C=N–C) groups is 1. The molecule has 0 spiro atoms. The van der Waals surface area contributed by atoms with Crippen molar-refractivity contribution in [1.82, 2.24) is 20.2 Å². The van der Waals surface area contributed by atoms with Crippen LogP contribution in [0, 0.1) is 10.8 Å². The normalized spacial score (nSPS) is 23.8. The van der Waals surface area contributed by atoms with Gasteiger partial charge in [0.1, 0.15) is 0 Å². The Morgan fingerprint density at radius 1 is 1.45 bits per heavy atom. The molecule has 0 saturated heterocycles. The van der Waals surface area contributed by atoms with Crippen molar-refractivity contribution in [3.63, 3.8) is 0 Å². The third-order valence-corrected chi connectivity index (χ3v) is 4.81. The molecule has 120 valence electrons. The number of aromatic nitrogens is 2. The Morgan fingerprint density at radius 3 is 2.73 bits per heavy atom. The summed E-state index contributed by atoms with van der Waals surface area (Å²) in [6.45, 7) is 3.96. The standard InChI is InChI=1S/C11H18N7O3P/c1-8(2)7-9-14-11(18(3)17-19)21-22(9,20)16-15-10-12-5-4-6-13-10/h4-6,8-9H,7H2,1-3H3,(H,16,20)(H,12,13,15)/t9-,22-/m0/s1. The molecule has 2 atom stereocenters. The van der Waals surface area contributed by atoms with Crippen molar-refractivity contribution in [1.29, 1.82) is 0 Å². The molecule has 0 unspecified atom stereocenters. The van der Waals surface area contributed by atoms with Crippen molar-refractivity contribution in [2.24, 2.45) is 16.2 Å². The van der Waals surface area contributed by atoms with Crippen LogP contribution >= 0.6 is 7.52 Å². The van der Waals surface area contributed by atoms with Gasteiger partial charge in [0.05, 0.1) is 5.29 Å². The number of nitrogens with one attached hydrogen (secondary N) is 2. The van der Waals surface area contributed by atoms with E-state index in [1.165, 1.54) is 7.05 Å². The van der Waals surface area contributed by atoms with Gasteiger partial charge in [-0.25, -0.2) is 15.0 Å². The Labute approximate surface area is 127 Å². The van der Waals surface area contributed by atoms with Gasteiger partial charge in [-0.1, -0.05) is 13.8 Å². The van der Waals surface area contributed by atoms with E-state index >= 15 is 0 Å². The third kappa shape index (κ3) is 3.77. The molecule has 2 heterocycles. The van der Waals surface area contributed by atoms with Crippen LogP contribution in [0.5, 0.6) is 0 Å². The first-order valence-electron chi connectivity index (χ1n) is 6.69. The van der Waals surface area contributed by atoms with Gasteiger partial charge >= 0.3 is 13.5 Å². The monoisotopic (exact) mass is 327 g/mol. The number of hydrogen-bond acceptors (Lipinski definition) is 8. The summed E-state index contributed by atoms with van der Waals surface area (Å²) in [6.07, 6.45) is 3.61. The predicted octanol–water partition coefficient (Wildman–Crippen LogP) is 1.96. The molecule has 10 nitrogen and oxygen atoms in total. The average molecular weight is 327 g/mol. The Bertz CT molecular complexity index is 595. The SMILES string of the molecule is CC(C)C[C@H]1N=C(N(C)N=O)O[P@]1(=O)NNc1ncccn1. The zero-order valence-corrected chi connectivity index (χ0v) is 13.4. The van der Waals surface area contributed by atoms with Gasteiger partial charge in [0.15, 0.2) is 5.78 Å². The molecular formula is C11H18N7O3P. The first kappa shape index (κ1) is 16.3. The summed E-state index contributed by atoms with van der Waals surface area (Å²) in [5.41, 5.74) is 2.65. The maximum absolute atomic E-state index is 12.9. The Morgan fingerprint density at radius 2 is 2.14 bits per heavy atom. The maximum Gasteiger partial charge on any atom is 0.360 e. The number of anilines is 1. The number of hydrazine groups is 1. The molecule has 0 aromatic carbocycles. The number of nitroso groups, excluding NO2 is 1. The van der Waals surface area contributed by atoms with Crippen LogP contribution in [0.15, 0.2) is 28.7 Å². The third-order valence-electron chi connectivity index (χ3n) is 2.84. The lowest BCUT2D eigenvalue weighted by Gasteiger charge is -2.20. The zero-order chi connectivity index (χ0) is 16.2. The topological polar surface area (TPSA) is 121 Å². The Hall–Kier alpha value is -2.06. The summed E-state index contributed by atoms with van der Waals surface area (Å²) >= 11 is 0. The van der Waals surface area contributed by atoms with Crippen LogP contribution in [0.2, 0.25) is 0 Å². The van der Waals surface area contributed by atoms with Crippen molar-refractivity contribution in [3.05, 3.63) is 23.4 Å². The zero-order valence-electron chi connectivity index (χ0n) is 12.5. The van der Waals surface area contributed by atoms with Crippen LogP contribution in [0.4, 0.5) is 5.95 Å². The average Bonchev–Trinajstić information content (AvgIpc) is 2.82. The molecule has 2 rings (SSSR count). The Kier molecular flexibility index (Phi) is 5.04. The first-order chi connectivity index (χ1) is 10.4. The van der Waals surface area contributed by atoms with Gasteiger partial charge in [-0.3, -0.25) is 9.99 Å². The van der Waals surface area contributed by atoms with Crippen LogP contribution < -0.4 is 10.6 Å². The second-order valence-electron chi connectivity index (χ2n) is 5.12. The highest BCUT2D eigenvalue weighted by atomic mass is 31.2. The molecule has 0 fully saturated rings. The summed E-state index contributed by atoms with van der Waals surface area (Å²) in [5.74, 6) is -0.128. The lowest BCUT2D eigenvalue weighted by Crippen LogP contribution is -2.26. The van der Waals surface area contributed by atoms with Crippen LogP contribution in [0.3, 0.4) is 0 Å². The van der Waals surface area contributed by atoms with Gasteiger partial charge in [0.25, 0.3) is 0 Å². The summed E-state index contributed by atoms with van der Waals surface area (Å²) in [7, 11) is -2.03. The number of hydrogen-bond donors (Lipinski definition) is 2. The fourth-order valence-electron chi connectivity index (χ4n) is 1.79. The van der Waals surface area contributed by atoms with E-state index < -0.39 is 13.3 Å². The Balaban J connectivity index is 2.12. The van der Waals surface area contributed by atoms with E-state index in [4.69, 9.17) is 4.52 Å². The minimum absolute atomic E-state index is 0.0766. The minimum Gasteiger partial charge on any atom is -0.396 e. The van der Waals surface area contributed by atoms with Gasteiger partial charge < -0.3 is 4.52 Å². The molecule has 0 saturated carbocycles. The highest BCUT2D eigenvalue weighted by Gasteiger charge is 2.44. The van der Waals surface area contributed by atoms with E-state index in [1.807, 2.05) is 13.8 Å². The molecule has 0 radical (unpaired) electrons. The van der Waals surface area contributed by atoms with Gasteiger partial charge in [-0.2, -0.15) is 5.01 Å². The van der Waals surface area contributed by atoms with Crippen molar-refractivity contribution < 1.29 is 9.09 Å². The maximum atomic E-state index is 12.9. The van der Waals surface area contributed by atoms with Crippen LogP contribution in [0.1, 0.15) is 20.3 Å². The molecule has 0 aliphatic carbocycles. The second-order valence-corrected chi connectivity index (χ2v) is 7.32. The number of amidine groups is 1. The number of nitrogens with zero attached hydrogens (tertiary/aromatic N) is 5. The molecule has 2 N–H and O–H groups in total. The molecule has 0 bridgehead atoms. The van der Waals surface area contributed by atoms with Crippen molar-refractivity contribution in [2.45, 2.75) is 26.1 Å². The fraction of sp³-hybridized carbons (Fsp3) is 0.545. The summed E-state index contributed by atoms with van der Waals surface area (Å²) in [6, 6.07) is 1.58. The van der Waals surface area contributed by atoms with Gasteiger partial charge in [-0.15, -0.1) is 10.1 Å². The molecular weight excluding hydrogens is 309 g/mol. The first-order valence-corrected chi connectivity index (χ1v) is 8.38. The van der Waals surface area contributed by atoms with Crippen LogP contribution in [-0.2, 0) is 9.09 Å². The molecule has 11 heteroatoms.